The lowest BCUT2D eigenvalue weighted by molar-refractivity contribution is -0.167. The Morgan fingerprint density at radius 1 is 0.317 bits per heavy atom. The fraction of sp³-hybridized carbons (Fsp3) is 0.737. The fourth-order valence-electron chi connectivity index (χ4n) is 7.11. The molecule has 362 valence electrons. The van der Waals surface area contributed by atoms with Gasteiger partial charge in [0.15, 0.2) is 6.10 Å². The van der Waals surface area contributed by atoms with Gasteiger partial charge < -0.3 is 14.2 Å². The van der Waals surface area contributed by atoms with Crippen LogP contribution >= 0.6 is 0 Å². The zero-order valence-corrected chi connectivity index (χ0v) is 41.3. The van der Waals surface area contributed by atoms with Crippen LogP contribution in [0.2, 0.25) is 0 Å². The molecule has 0 aromatic heterocycles. The third-order valence-corrected chi connectivity index (χ3v) is 11.2. The molecule has 63 heavy (non-hydrogen) atoms. The van der Waals surface area contributed by atoms with Gasteiger partial charge >= 0.3 is 17.9 Å². The van der Waals surface area contributed by atoms with Crippen LogP contribution in [0.4, 0.5) is 0 Å². The summed E-state index contributed by atoms with van der Waals surface area (Å²) in [6.45, 7) is 6.52. The van der Waals surface area contributed by atoms with Gasteiger partial charge in [0.2, 0.25) is 0 Å². The second kappa shape index (κ2) is 51.5. The predicted molar refractivity (Wildman–Crippen MR) is 270 cm³/mol. The maximum Gasteiger partial charge on any atom is 0.306 e. The summed E-state index contributed by atoms with van der Waals surface area (Å²) in [5, 5.41) is 0. The van der Waals surface area contributed by atoms with Gasteiger partial charge in [-0.05, 0) is 109 Å². The summed E-state index contributed by atoms with van der Waals surface area (Å²) in [4.78, 5) is 38.0. The lowest BCUT2D eigenvalue weighted by Gasteiger charge is -2.18. The molecule has 0 amide bonds. The molecular formula is C57H98O6. The zero-order valence-electron chi connectivity index (χ0n) is 41.3. The summed E-state index contributed by atoms with van der Waals surface area (Å²) in [5.41, 5.74) is 0. The first-order valence-electron chi connectivity index (χ1n) is 26.4. The molecule has 0 spiro atoms. The van der Waals surface area contributed by atoms with Crippen LogP contribution in [0.15, 0.2) is 72.9 Å². The highest BCUT2D eigenvalue weighted by Crippen LogP contribution is 2.13. The topological polar surface area (TPSA) is 78.9 Å². The minimum atomic E-state index is -0.795. The molecule has 0 aliphatic carbocycles. The van der Waals surface area contributed by atoms with Crippen molar-refractivity contribution in [3.8, 4) is 0 Å². The molecule has 0 saturated heterocycles. The molecule has 6 heteroatoms. The summed E-state index contributed by atoms with van der Waals surface area (Å²) in [6.07, 6.45) is 64.5. The normalized spacial score (nSPS) is 12.6. The number of carbonyl (C=O) groups is 3. The molecular weight excluding hydrogens is 781 g/mol. The van der Waals surface area contributed by atoms with Crippen molar-refractivity contribution >= 4 is 17.9 Å². The van der Waals surface area contributed by atoms with Crippen LogP contribution < -0.4 is 0 Å². The fourth-order valence-corrected chi connectivity index (χ4v) is 7.11. The Labute approximate surface area is 389 Å². The molecule has 0 heterocycles. The molecule has 0 N–H and O–H groups in total. The van der Waals surface area contributed by atoms with E-state index in [1.807, 2.05) is 0 Å². The number of carbonyl (C=O) groups excluding carboxylic acids is 3. The third kappa shape index (κ3) is 49.7. The van der Waals surface area contributed by atoms with Gasteiger partial charge in [-0.25, -0.2) is 0 Å². The number of hydrogen-bond acceptors (Lipinski definition) is 6. The Hall–Kier alpha value is -3.15. The molecule has 0 bridgehead atoms. The van der Waals surface area contributed by atoms with Crippen LogP contribution in [0.25, 0.3) is 0 Å². The van der Waals surface area contributed by atoms with Gasteiger partial charge in [0.25, 0.3) is 0 Å². The number of ether oxygens (including phenoxy) is 3. The minimum absolute atomic E-state index is 0.0929. The summed E-state index contributed by atoms with van der Waals surface area (Å²) < 4.78 is 16.8. The second-order valence-corrected chi connectivity index (χ2v) is 17.4. The molecule has 0 saturated carbocycles. The van der Waals surface area contributed by atoms with Gasteiger partial charge in [0.05, 0.1) is 0 Å². The summed E-state index contributed by atoms with van der Waals surface area (Å²) >= 11 is 0. The van der Waals surface area contributed by atoms with Gasteiger partial charge in [-0.2, -0.15) is 0 Å². The number of unbranched alkanes of at least 4 members (excludes halogenated alkanes) is 24. The first-order chi connectivity index (χ1) is 31.0. The van der Waals surface area contributed by atoms with E-state index in [0.29, 0.717) is 19.3 Å². The third-order valence-electron chi connectivity index (χ3n) is 11.2. The van der Waals surface area contributed by atoms with E-state index < -0.39 is 6.10 Å². The average molecular weight is 879 g/mol. The molecule has 6 nitrogen and oxygen atoms in total. The Morgan fingerprint density at radius 2 is 0.587 bits per heavy atom. The molecule has 0 fully saturated rings. The van der Waals surface area contributed by atoms with Gasteiger partial charge in [-0.1, -0.05) is 196 Å². The molecule has 0 radical (unpaired) electrons. The van der Waals surface area contributed by atoms with E-state index in [0.717, 1.165) is 116 Å². The van der Waals surface area contributed by atoms with Gasteiger partial charge in [0.1, 0.15) is 13.2 Å². The van der Waals surface area contributed by atoms with Crippen LogP contribution in [-0.4, -0.2) is 37.2 Å². The summed E-state index contributed by atoms with van der Waals surface area (Å²) in [6, 6.07) is 0. The molecule has 0 aliphatic rings. The zero-order chi connectivity index (χ0) is 45.8. The predicted octanol–water partition coefficient (Wildman–Crippen LogP) is 17.4. The number of hydrogen-bond donors (Lipinski definition) is 0. The maximum atomic E-state index is 12.8. The Balaban J connectivity index is 4.45. The molecule has 0 rings (SSSR count). The maximum absolute atomic E-state index is 12.8. The van der Waals surface area contributed by atoms with Gasteiger partial charge in [-0.3, -0.25) is 14.4 Å². The second-order valence-electron chi connectivity index (χ2n) is 17.4. The van der Waals surface area contributed by atoms with Gasteiger partial charge in [-0.15, -0.1) is 0 Å². The lowest BCUT2D eigenvalue weighted by atomic mass is 10.1. The van der Waals surface area contributed by atoms with Gasteiger partial charge in [0, 0.05) is 19.3 Å². The summed E-state index contributed by atoms with van der Waals surface area (Å²) in [7, 11) is 0. The molecule has 1 atom stereocenters. The molecule has 0 aromatic rings. The Bertz CT molecular complexity index is 1190. The lowest BCUT2D eigenvalue weighted by Crippen LogP contribution is -2.30. The van der Waals surface area contributed by atoms with Crippen molar-refractivity contribution in [2.45, 2.75) is 258 Å². The smallest absolute Gasteiger partial charge is 0.306 e. The van der Waals surface area contributed by atoms with Crippen molar-refractivity contribution in [2.75, 3.05) is 13.2 Å². The van der Waals surface area contributed by atoms with Crippen molar-refractivity contribution in [3.63, 3.8) is 0 Å². The van der Waals surface area contributed by atoms with E-state index in [4.69, 9.17) is 14.2 Å². The first-order valence-corrected chi connectivity index (χ1v) is 26.4. The number of esters is 3. The molecule has 0 unspecified atom stereocenters. The molecule has 0 aliphatic heterocycles. The van der Waals surface area contributed by atoms with E-state index >= 15 is 0 Å². The van der Waals surface area contributed by atoms with E-state index in [1.165, 1.54) is 96.3 Å². The Kier molecular flexibility index (Phi) is 48.9. The van der Waals surface area contributed by atoms with Crippen LogP contribution in [0.1, 0.15) is 252 Å². The van der Waals surface area contributed by atoms with E-state index in [1.54, 1.807) is 0 Å². The largest absolute Gasteiger partial charge is 0.462 e. The standard InChI is InChI=1S/C57H98O6/c1-4-7-10-13-16-19-22-25-28-29-30-33-35-38-41-44-47-50-56(59)62-53-54(63-57(60)51-48-45-42-39-36-32-27-24-21-18-15-12-9-6-3)52-61-55(58)49-46-43-40-37-34-31-26-23-20-17-14-11-8-5-2/h15-16,18-19,23-28,30,33,54H,4-14,17,20-22,29,31-32,34-53H2,1-3H3/b18-15-,19-16-,26-23-,27-24-,28-25-,33-30-/t54-/m1/s1. The van der Waals surface area contributed by atoms with E-state index in [9.17, 15) is 14.4 Å². The van der Waals surface area contributed by atoms with E-state index in [2.05, 4.69) is 93.7 Å². The minimum Gasteiger partial charge on any atom is -0.462 e. The Morgan fingerprint density at radius 3 is 0.984 bits per heavy atom. The quantitative estimate of drug-likeness (QED) is 0.0262. The molecule has 0 aromatic carbocycles. The van der Waals surface area contributed by atoms with Crippen molar-refractivity contribution < 1.29 is 28.6 Å². The van der Waals surface area contributed by atoms with Crippen molar-refractivity contribution in [1.82, 2.24) is 0 Å². The van der Waals surface area contributed by atoms with Crippen molar-refractivity contribution in [2.24, 2.45) is 0 Å². The SMILES string of the molecule is CCCC/C=C\C/C=C\CCCCCCCC(=O)O[C@@H](COC(=O)CCCCCC/C=C\C/C=C\C/C=C\CCCCC)COC(=O)CCCCCCC/C=C\CCCCCCC. The summed E-state index contributed by atoms with van der Waals surface area (Å²) in [5.74, 6) is -0.935. The van der Waals surface area contributed by atoms with Crippen LogP contribution in [0, 0.1) is 0 Å². The first kappa shape index (κ1) is 59.9. The highest BCUT2D eigenvalue weighted by atomic mass is 16.6. The van der Waals surface area contributed by atoms with Crippen molar-refractivity contribution in [3.05, 3.63) is 72.9 Å². The highest BCUT2D eigenvalue weighted by Gasteiger charge is 2.19. The van der Waals surface area contributed by atoms with Crippen molar-refractivity contribution in [1.29, 1.82) is 0 Å². The number of allylic oxidation sites excluding steroid dienone is 12. The monoisotopic (exact) mass is 879 g/mol. The van der Waals surface area contributed by atoms with Crippen LogP contribution in [0.3, 0.4) is 0 Å². The average Bonchev–Trinajstić information content (AvgIpc) is 3.28. The highest BCUT2D eigenvalue weighted by molar-refractivity contribution is 5.71. The van der Waals surface area contributed by atoms with E-state index in [-0.39, 0.29) is 31.1 Å². The number of rotatable bonds is 47. The van der Waals surface area contributed by atoms with Crippen LogP contribution in [-0.2, 0) is 28.6 Å². The van der Waals surface area contributed by atoms with Crippen LogP contribution in [0.5, 0.6) is 0 Å².